The molecule has 0 aromatic carbocycles. The van der Waals surface area contributed by atoms with Crippen LogP contribution in [0.25, 0.3) is 0 Å². The summed E-state index contributed by atoms with van der Waals surface area (Å²) in [7, 11) is 0. The molecule has 0 amide bonds. The zero-order chi connectivity index (χ0) is 15.0. The summed E-state index contributed by atoms with van der Waals surface area (Å²) in [6.07, 6.45) is 1.50. The Morgan fingerprint density at radius 1 is 1.35 bits per heavy atom. The van der Waals surface area contributed by atoms with Crippen molar-refractivity contribution in [2.45, 2.75) is 31.7 Å². The molecule has 1 heterocycles. The normalized spacial score (nSPS) is 13.7. The molecular weight excluding hydrogens is 278 g/mol. The second-order valence-corrected chi connectivity index (χ2v) is 4.21. The number of nitrogens with one attached hydrogen (secondary N) is 1. The van der Waals surface area contributed by atoms with Gasteiger partial charge in [0.2, 0.25) is 0 Å². The lowest BCUT2D eigenvalue weighted by atomic mass is 10.2. The number of nitrogens with zero attached hydrogens (tertiary/aromatic N) is 2. The van der Waals surface area contributed by atoms with Crippen LogP contribution in [0.15, 0.2) is 18.6 Å². The van der Waals surface area contributed by atoms with E-state index in [0.717, 1.165) is 6.42 Å². The van der Waals surface area contributed by atoms with Crippen molar-refractivity contribution in [3.8, 4) is 0 Å². The van der Waals surface area contributed by atoms with Crippen molar-refractivity contribution >= 4 is 0 Å². The predicted octanol–water partition coefficient (Wildman–Crippen LogP) is 2.43. The van der Waals surface area contributed by atoms with Crippen LogP contribution in [0.4, 0.5) is 17.6 Å². The average molecular weight is 295 g/mol. The fourth-order valence-electron chi connectivity index (χ4n) is 1.43. The number of rotatable bonds is 9. The fraction of sp³-hybridized carbons (Fsp3) is 0.667. The van der Waals surface area contributed by atoms with Crippen LogP contribution in [0.1, 0.15) is 25.1 Å². The molecule has 114 valence electrons. The first kappa shape index (κ1) is 16.8. The topological polar surface area (TPSA) is 47.0 Å². The van der Waals surface area contributed by atoms with Gasteiger partial charge in [0.1, 0.15) is 6.61 Å². The fourth-order valence-corrected chi connectivity index (χ4v) is 1.43. The number of hydrogen-bond acceptors (Lipinski definition) is 4. The summed E-state index contributed by atoms with van der Waals surface area (Å²) in [5, 5.41) is 3.04. The maximum Gasteiger partial charge on any atom is 0.330 e. The third-order valence-electron chi connectivity index (χ3n) is 2.48. The minimum atomic E-state index is -4.14. The van der Waals surface area contributed by atoms with Gasteiger partial charge in [0, 0.05) is 12.4 Å². The lowest BCUT2D eigenvalue weighted by Crippen LogP contribution is -2.35. The standard InChI is InChI=1S/C12H17F4N3O/c1-2-3-18-10(9-6-17-4-5-19-9)7-20-8-12(15,16)11(13)14/h4-6,10-11,18H,2-3,7-8H2,1H3. The summed E-state index contributed by atoms with van der Waals surface area (Å²) in [5.41, 5.74) is 0.515. The van der Waals surface area contributed by atoms with Crippen molar-refractivity contribution in [3.63, 3.8) is 0 Å². The second-order valence-electron chi connectivity index (χ2n) is 4.21. The average Bonchev–Trinajstić information content (AvgIpc) is 2.43. The molecule has 8 heteroatoms. The molecule has 0 saturated heterocycles. The van der Waals surface area contributed by atoms with Gasteiger partial charge >= 0.3 is 12.3 Å². The lowest BCUT2D eigenvalue weighted by molar-refractivity contribution is -0.167. The summed E-state index contributed by atoms with van der Waals surface area (Å²) >= 11 is 0. The molecule has 0 fully saturated rings. The minimum Gasteiger partial charge on any atom is -0.373 e. The van der Waals surface area contributed by atoms with E-state index < -0.39 is 25.0 Å². The molecule has 1 unspecified atom stereocenters. The SMILES string of the molecule is CCCNC(COCC(F)(F)C(F)F)c1cnccn1. The zero-order valence-electron chi connectivity index (χ0n) is 11.0. The van der Waals surface area contributed by atoms with Crippen LogP contribution < -0.4 is 5.32 Å². The highest BCUT2D eigenvalue weighted by Gasteiger charge is 2.41. The first-order valence-electron chi connectivity index (χ1n) is 6.20. The molecular formula is C12H17F4N3O. The van der Waals surface area contributed by atoms with Crippen molar-refractivity contribution in [1.82, 2.24) is 15.3 Å². The second kappa shape index (κ2) is 8.11. The van der Waals surface area contributed by atoms with E-state index >= 15 is 0 Å². The molecule has 1 aromatic rings. The van der Waals surface area contributed by atoms with E-state index in [1.165, 1.54) is 18.6 Å². The maximum absolute atomic E-state index is 12.7. The van der Waals surface area contributed by atoms with E-state index in [2.05, 4.69) is 15.3 Å². The largest absolute Gasteiger partial charge is 0.373 e. The summed E-state index contributed by atoms with van der Waals surface area (Å²) in [4.78, 5) is 7.91. The van der Waals surface area contributed by atoms with Gasteiger partial charge in [0.05, 0.1) is 24.5 Å². The van der Waals surface area contributed by atoms with Crippen molar-refractivity contribution in [3.05, 3.63) is 24.3 Å². The Morgan fingerprint density at radius 3 is 2.65 bits per heavy atom. The van der Waals surface area contributed by atoms with Crippen LogP contribution in [0, 0.1) is 0 Å². The van der Waals surface area contributed by atoms with Crippen molar-refractivity contribution in [1.29, 1.82) is 0 Å². The highest BCUT2D eigenvalue weighted by molar-refractivity contribution is 5.02. The van der Waals surface area contributed by atoms with E-state index in [4.69, 9.17) is 4.74 Å². The minimum absolute atomic E-state index is 0.180. The quantitative estimate of drug-likeness (QED) is 0.711. The summed E-state index contributed by atoms with van der Waals surface area (Å²) < 4.78 is 54.2. The third-order valence-corrected chi connectivity index (χ3v) is 2.48. The van der Waals surface area contributed by atoms with Gasteiger partial charge in [0.15, 0.2) is 0 Å². The molecule has 1 rings (SSSR count). The number of halogens is 4. The Bertz CT molecular complexity index is 378. The van der Waals surface area contributed by atoms with Crippen molar-refractivity contribution in [2.24, 2.45) is 0 Å². The van der Waals surface area contributed by atoms with Crippen LogP contribution in [-0.4, -0.2) is 42.1 Å². The van der Waals surface area contributed by atoms with E-state index in [1.54, 1.807) is 0 Å². The highest BCUT2D eigenvalue weighted by Crippen LogP contribution is 2.23. The number of hydrogen-bond donors (Lipinski definition) is 1. The van der Waals surface area contributed by atoms with Gasteiger partial charge in [-0.05, 0) is 13.0 Å². The molecule has 1 aromatic heterocycles. The molecule has 1 N–H and O–H groups in total. The Balaban J connectivity index is 2.54. The molecule has 0 aliphatic heterocycles. The maximum atomic E-state index is 12.7. The third kappa shape index (κ3) is 5.38. The van der Waals surface area contributed by atoms with Crippen LogP contribution >= 0.6 is 0 Å². The van der Waals surface area contributed by atoms with Crippen LogP contribution in [0.3, 0.4) is 0 Å². The van der Waals surface area contributed by atoms with Gasteiger partial charge in [-0.25, -0.2) is 8.78 Å². The van der Waals surface area contributed by atoms with Crippen LogP contribution in [-0.2, 0) is 4.74 Å². The van der Waals surface area contributed by atoms with Crippen LogP contribution in [0.5, 0.6) is 0 Å². The van der Waals surface area contributed by atoms with Gasteiger partial charge in [-0.2, -0.15) is 8.78 Å². The molecule has 0 saturated carbocycles. The van der Waals surface area contributed by atoms with Gasteiger partial charge in [-0.1, -0.05) is 6.92 Å². The van der Waals surface area contributed by atoms with Gasteiger partial charge < -0.3 is 10.1 Å². The number of ether oxygens (including phenoxy) is 1. The predicted molar refractivity (Wildman–Crippen MR) is 64.8 cm³/mol. The summed E-state index contributed by atoms with van der Waals surface area (Å²) in [5.74, 6) is -4.14. The monoisotopic (exact) mass is 295 g/mol. The molecule has 0 bridgehead atoms. The van der Waals surface area contributed by atoms with E-state index in [-0.39, 0.29) is 6.61 Å². The van der Waals surface area contributed by atoms with E-state index in [9.17, 15) is 17.6 Å². The Hall–Kier alpha value is -1.28. The molecule has 0 radical (unpaired) electrons. The van der Waals surface area contributed by atoms with Gasteiger partial charge in [0.25, 0.3) is 0 Å². The van der Waals surface area contributed by atoms with E-state index in [0.29, 0.717) is 12.2 Å². The Labute approximate surface area is 114 Å². The summed E-state index contributed by atoms with van der Waals surface area (Å²) in [6, 6.07) is -0.461. The van der Waals surface area contributed by atoms with Gasteiger partial charge in [-0.3, -0.25) is 9.97 Å². The molecule has 0 spiro atoms. The summed E-state index contributed by atoms with van der Waals surface area (Å²) in [6.45, 7) is 1.05. The smallest absolute Gasteiger partial charge is 0.330 e. The lowest BCUT2D eigenvalue weighted by Gasteiger charge is -2.20. The number of aromatic nitrogens is 2. The molecule has 0 aliphatic carbocycles. The van der Waals surface area contributed by atoms with Crippen molar-refractivity contribution < 1.29 is 22.3 Å². The van der Waals surface area contributed by atoms with E-state index in [1.807, 2.05) is 6.92 Å². The molecule has 20 heavy (non-hydrogen) atoms. The first-order chi connectivity index (χ1) is 9.47. The number of alkyl halides is 4. The van der Waals surface area contributed by atoms with Crippen molar-refractivity contribution in [2.75, 3.05) is 19.8 Å². The Morgan fingerprint density at radius 2 is 2.10 bits per heavy atom. The molecule has 1 atom stereocenters. The van der Waals surface area contributed by atoms with Gasteiger partial charge in [-0.15, -0.1) is 0 Å². The first-order valence-corrected chi connectivity index (χ1v) is 6.20. The molecule has 0 aliphatic rings. The Kier molecular flexibility index (Phi) is 6.80. The zero-order valence-corrected chi connectivity index (χ0v) is 11.0. The highest BCUT2D eigenvalue weighted by atomic mass is 19.3. The molecule has 4 nitrogen and oxygen atoms in total. The van der Waals surface area contributed by atoms with Crippen LogP contribution in [0.2, 0.25) is 0 Å².